The van der Waals surface area contributed by atoms with Crippen molar-refractivity contribution in [1.82, 2.24) is 26.2 Å². The summed E-state index contributed by atoms with van der Waals surface area (Å²) in [6.45, 7) is 12.7. The predicted molar refractivity (Wildman–Crippen MR) is 212 cm³/mol. The van der Waals surface area contributed by atoms with E-state index >= 15 is 4.39 Å². The van der Waals surface area contributed by atoms with Crippen molar-refractivity contribution < 1.29 is 61.4 Å². The SMILES string of the molecule is CCOP(=O)(OCC)C(F)C[C@](NC(=O)CN)(C(=O)N[C@H](C(=O)N1CCC[C@H]1C(=O)N[C@@H](CCSC)C(=O)N[C@@H](CC(C)C)C(=O)O)C(C)C)C(=O)OC(C)(C)C. The summed E-state index contributed by atoms with van der Waals surface area (Å²) in [5.41, 5.74) is 1.29. The van der Waals surface area contributed by atoms with Crippen molar-refractivity contribution in [1.29, 1.82) is 0 Å². The predicted octanol–water partition coefficient (Wildman–Crippen LogP) is 2.08. The van der Waals surface area contributed by atoms with Crippen molar-refractivity contribution in [2.75, 3.05) is 38.3 Å². The number of rotatable bonds is 24. The zero-order valence-corrected chi connectivity index (χ0v) is 36.5. The topological polar surface area (TPSA) is 262 Å². The van der Waals surface area contributed by atoms with Gasteiger partial charge in [0, 0.05) is 13.0 Å². The van der Waals surface area contributed by atoms with Gasteiger partial charge in [-0.3, -0.25) is 28.5 Å². The summed E-state index contributed by atoms with van der Waals surface area (Å²) >= 11 is 1.41. The van der Waals surface area contributed by atoms with Gasteiger partial charge in [-0.2, -0.15) is 11.8 Å². The van der Waals surface area contributed by atoms with Gasteiger partial charge in [0.2, 0.25) is 35.1 Å². The van der Waals surface area contributed by atoms with E-state index in [0.29, 0.717) is 12.2 Å². The highest BCUT2D eigenvalue weighted by molar-refractivity contribution is 7.98. The zero-order chi connectivity index (χ0) is 43.9. The molecule has 0 aliphatic carbocycles. The van der Waals surface area contributed by atoms with Crippen molar-refractivity contribution >= 4 is 60.8 Å². The normalized spacial score (nSPS) is 17.9. The van der Waals surface area contributed by atoms with Crippen LogP contribution in [-0.2, 0) is 51.9 Å². The third-order valence-electron chi connectivity index (χ3n) is 8.73. The molecule has 0 bridgehead atoms. The molecular weight excluding hydrogens is 790 g/mol. The lowest BCUT2D eigenvalue weighted by molar-refractivity contribution is -0.169. The van der Waals surface area contributed by atoms with Crippen molar-refractivity contribution in [3.8, 4) is 0 Å². The molecule has 21 heteroatoms. The lowest BCUT2D eigenvalue weighted by Crippen LogP contribution is -2.69. The van der Waals surface area contributed by atoms with Crippen LogP contribution < -0.4 is 27.0 Å². The number of alkyl halides is 1. The minimum Gasteiger partial charge on any atom is -0.480 e. The second-order valence-electron chi connectivity index (χ2n) is 15.4. The number of hydrogen-bond donors (Lipinski definition) is 6. The number of halogens is 1. The van der Waals surface area contributed by atoms with Gasteiger partial charge in [-0.25, -0.2) is 14.0 Å². The van der Waals surface area contributed by atoms with Gasteiger partial charge in [0.15, 0.2) is 0 Å². The molecule has 1 unspecified atom stereocenters. The Labute approximate surface area is 339 Å². The number of ether oxygens (including phenoxy) is 1. The number of nitrogens with two attached hydrogens (primary N) is 1. The van der Waals surface area contributed by atoms with E-state index in [0.717, 1.165) is 0 Å². The first-order valence-corrected chi connectivity index (χ1v) is 22.1. The van der Waals surface area contributed by atoms with Crippen molar-refractivity contribution in [2.45, 2.75) is 136 Å². The minimum absolute atomic E-state index is 0.0467. The summed E-state index contributed by atoms with van der Waals surface area (Å²) in [5, 5.41) is 19.5. The number of nitrogens with one attached hydrogen (secondary N) is 4. The number of nitrogens with zero attached hydrogens (tertiary/aromatic N) is 1. The Bertz CT molecular complexity index is 1460. The first-order chi connectivity index (χ1) is 26.4. The highest BCUT2D eigenvalue weighted by atomic mass is 32.2. The summed E-state index contributed by atoms with van der Waals surface area (Å²) < 4.78 is 45.4. The fraction of sp³-hybridized carbons (Fsp3) is 0.806. The molecule has 1 fully saturated rings. The monoisotopic (exact) mass is 854 g/mol. The van der Waals surface area contributed by atoms with Gasteiger partial charge in [0.25, 0.3) is 5.91 Å². The summed E-state index contributed by atoms with van der Waals surface area (Å²) in [7, 11) is -4.66. The molecule has 1 heterocycles. The molecule has 5 amide bonds. The molecule has 1 aliphatic heterocycles. The fourth-order valence-corrected chi connectivity index (χ4v) is 8.09. The molecule has 0 spiro atoms. The van der Waals surface area contributed by atoms with E-state index < -0.39 is 109 Å². The van der Waals surface area contributed by atoms with E-state index in [1.807, 2.05) is 13.8 Å². The molecular formula is C36H64FN6O12PS. The molecule has 0 aromatic heterocycles. The Morgan fingerprint density at radius 2 is 1.58 bits per heavy atom. The number of carbonyl (C=O) groups excluding carboxylic acids is 6. The maximum Gasteiger partial charge on any atom is 0.364 e. The molecule has 18 nitrogen and oxygen atoms in total. The molecule has 1 rings (SSSR count). The smallest absolute Gasteiger partial charge is 0.364 e. The number of carboxylic acids is 1. The van der Waals surface area contributed by atoms with E-state index in [4.69, 9.17) is 19.5 Å². The molecule has 1 aliphatic rings. The minimum atomic E-state index is -4.66. The second kappa shape index (κ2) is 23.3. The third kappa shape index (κ3) is 15.4. The number of likely N-dealkylation sites (tertiary alicyclic amines) is 1. The van der Waals surface area contributed by atoms with Crippen LogP contribution in [0.5, 0.6) is 0 Å². The highest BCUT2D eigenvalue weighted by Gasteiger charge is 2.56. The quantitative estimate of drug-likeness (QED) is 0.0462. The van der Waals surface area contributed by atoms with E-state index in [1.54, 1.807) is 20.1 Å². The first kappa shape index (κ1) is 51.7. The molecule has 57 heavy (non-hydrogen) atoms. The highest BCUT2D eigenvalue weighted by Crippen LogP contribution is 2.56. The Hall–Kier alpha value is -3.32. The Morgan fingerprint density at radius 3 is 2.05 bits per heavy atom. The number of amides is 5. The Morgan fingerprint density at radius 1 is 0.982 bits per heavy atom. The van der Waals surface area contributed by atoms with E-state index in [-0.39, 0.29) is 44.9 Å². The Balaban J connectivity index is 3.62. The molecule has 0 aromatic carbocycles. The van der Waals surface area contributed by atoms with Crippen LogP contribution in [0.25, 0.3) is 0 Å². The van der Waals surface area contributed by atoms with Crippen LogP contribution in [-0.4, -0.2) is 131 Å². The average Bonchev–Trinajstić information content (AvgIpc) is 3.60. The summed E-state index contributed by atoms with van der Waals surface area (Å²) in [5.74, 6) is -10.3. The maximum atomic E-state index is 16.2. The fourth-order valence-electron chi connectivity index (χ4n) is 6.00. The lowest BCUT2D eigenvalue weighted by atomic mass is 9.91. The molecule has 6 atom stereocenters. The third-order valence-corrected chi connectivity index (χ3v) is 11.5. The van der Waals surface area contributed by atoms with Crippen LogP contribution in [0.15, 0.2) is 0 Å². The molecule has 328 valence electrons. The maximum absolute atomic E-state index is 16.2. The number of thioether (sulfide) groups is 1. The average molecular weight is 855 g/mol. The van der Waals surface area contributed by atoms with E-state index in [9.17, 15) is 43.2 Å². The zero-order valence-electron chi connectivity index (χ0n) is 34.8. The number of carboxylic acid groups (broad SMARTS) is 1. The summed E-state index contributed by atoms with van der Waals surface area (Å²) in [4.78, 5) is 95.8. The van der Waals surface area contributed by atoms with E-state index in [1.165, 1.54) is 51.3 Å². The Kier molecular flexibility index (Phi) is 21.1. The van der Waals surface area contributed by atoms with Gasteiger partial charge in [-0.05, 0) is 84.1 Å². The summed E-state index contributed by atoms with van der Waals surface area (Å²) in [6, 6.07) is -4.91. The first-order valence-electron chi connectivity index (χ1n) is 19.1. The number of hydrogen-bond acceptors (Lipinski definition) is 13. The van der Waals surface area contributed by atoms with Crippen LogP contribution in [0.2, 0.25) is 0 Å². The van der Waals surface area contributed by atoms with Crippen LogP contribution in [0.1, 0.15) is 94.4 Å². The number of esters is 1. The van der Waals surface area contributed by atoms with Crippen LogP contribution in [0.3, 0.4) is 0 Å². The molecule has 7 N–H and O–H groups in total. The van der Waals surface area contributed by atoms with Gasteiger partial charge in [0.1, 0.15) is 29.8 Å². The van der Waals surface area contributed by atoms with Crippen molar-refractivity contribution in [3.63, 3.8) is 0 Å². The molecule has 1 saturated heterocycles. The van der Waals surface area contributed by atoms with Crippen molar-refractivity contribution in [2.24, 2.45) is 17.6 Å². The molecule has 0 radical (unpaired) electrons. The van der Waals surface area contributed by atoms with Crippen LogP contribution >= 0.6 is 19.4 Å². The van der Waals surface area contributed by atoms with Gasteiger partial charge in [-0.15, -0.1) is 0 Å². The van der Waals surface area contributed by atoms with Gasteiger partial charge in [0.05, 0.1) is 19.8 Å². The summed E-state index contributed by atoms with van der Waals surface area (Å²) in [6.07, 6.45) is 1.37. The van der Waals surface area contributed by atoms with Gasteiger partial charge < -0.3 is 50.8 Å². The van der Waals surface area contributed by atoms with Gasteiger partial charge in [-0.1, -0.05) is 27.7 Å². The van der Waals surface area contributed by atoms with Crippen LogP contribution in [0, 0.1) is 11.8 Å². The van der Waals surface area contributed by atoms with E-state index in [2.05, 4.69) is 21.3 Å². The molecule has 0 saturated carbocycles. The van der Waals surface area contributed by atoms with Crippen LogP contribution in [0.4, 0.5) is 4.39 Å². The van der Waals surface area contributed by atoms with Crippen molar-refractivity contribution in [3.05, 3.63) is 0 Å². The number of aliphatic carboxylic acids is 1. The van der Waals surface area contributed by atoms with Gasteiger partial charge >= 0.3 is 19.5 Å². The largest absolute Gasteiger partial charge is 0.480 e. The second-order valence-corrected chi connectivity index (χ2v) is 18.6. The molecule has 0 aromatic rings. The number of carbonyl (C=O) groups is 7. The standard InChI is InChI=1S/C36H64FN6O12PS/c1-11-53-56(52,54-12-2)26(37)19-36(42-27(44)20-38,34(51)55-35(7,8)9)33(50)41-28(22(5)6)31(47)43-16-13-14-25(43)30(46)39-23(15-17-57-10)29(45)40-24(32(48)49)18-21(3)4/h21-26,28H,11-20,38H2,1-10H3,(H,39,46)(H,40,45)(H,41,50)(H,42,44)(H,48,49)/t23-,24-,25-,26?,28-,36-/m0/s1. The lowest BCUT2D eigenvalue weighted by Gasteiger charge is -2.37.